The summed E-state index contributed by atoms with van der Waals surface area (Å²) in [6, 6.07) is 1.11. The van der Waals surface area contributed by atoms with E-state index in [0.29, 0.717) is 18.2 Å². The van der Waals surface area contributed by atoms with E-state index >= 15 is 0 Å². The van der Waals surface area contributed by atoms with Gasteiger partial charge in [-0.25, -0.2) is 0 Å². The van der Waals surface area contributed by atoms with Crippen LogP contribution in [-0.4, -0.2) is 38.0 Å². The van der Waals surface area contributed by atoms with Gasteiger partial charge in [0.15, 0.2) is 0 Å². The fraction of sp³-hybridized carbons (Fsp3) is 1.00. The molecule has 3 unspecified atom stereocenters. The Balaban J connectivity index is 1.75. The van der Waals surface area contributed by atoms with E-state index in [1.165, 1.54) is 12.8 Å². The van der Waals surface area contributed by atoms with Gasteiger partial charge in [-0.2, -0.15) is 0 Å². The van der Waals surface area contributed by atoms with Gasteiger partial charge in [0.25, 0.3) is 0 Å². The standard InChI is InChI=1S/C10H19NO2/c1-8-10(4-6-13-8)11-9-3-2-5-12-7-9/h8-11H,2-7H2,1H3. The van der Waals surface area contributed by atoms with Gasteiger partial charge in [-0.05, 0) is 26.2 Å². The number of hydrogen-bond acceptors (Lipinski definition) is 3. The van der Waals surface area contributed by atoms with E-state index in [9.17, 15) is 0 Å². The maximum absolute atomic E-state index is 5.50. The summed E-state index contributed by atoms with van der Waals surface area (Å²) in [6.07, 6.45) is 3.97. The Kier molecular flexibility index (Phi) is 3.19. The molecule has 2 aliphatic rings. The molecule has 76 valence electrons. The highest BCUT2D eigenvalue weighted by atomic mass is 16.5. The summed E-state index contributed by atoms with van der Waals surface area (Å²) in [5.41, 5.74) is 0. The third-order valence-electron chi connectivity index (χ3n) is 2.99. The lowest BCUT2D eigenvalue weighted by molar-refractivity contribution is 0.0579. The second kappa shape index (κ2) is 4.40. The molecule has 2 saturated heterocycles. The fourth-order valence-electron chi connectivity index (χ4n) is 2.13. The highest BCUT2D eigenvalue weighted by Gasteiger charge is 2.27. The molecule has 0 saturated carbocycles. The third-order valence-corrected chi connectivity index (χ3v) is 2.99. The van der Waals surface area contributed by atoms with Gasteiger partial charge in [-0.3, -0.25) is 0 Å². The third kappa shape index (κ3) is 2.42. The molecule has 3 atom stereocenters. The first-order valence-electron chi connectivity index (χ1n) is 5.31. The Bertz CT molecular complexity index is 157. The minimum atomic E-state index is 0.377. The highest BCUT2D eigenvalue weighted by molar-refractivity contribution is 4.83. The van der Waals surface area contributed by atoms with E-state index in [1.54, 1.807) is 0 Å². The predicted octanol–water partition coefficient (Wildman–Crippen LogP) is 0.932. The molecule has 0 aromatic carbocycles. The summed E-state index contributed by atoms with van der Waals surface area (Å²) in [7, 11) is 0. The Labute approximate surface area is 79.8 Å². The van der Waals surface area contributed by atoms with Crippen LogP contribution in [0.3, 0.4) is 0 Å². The van der Waals surface area contributed by atoms with Crippen molar-refractivity contribution < 1.29 is 9.47 Å². The number of ether oxygens (including phenoxy) is 2. The fourth-order valence-corrected chi connectivity index (χ4v) is 2.13. The summed E-state index contributed by atoms with van der Waals surface area (Å²) in [5, 5.41) is 3.62. The van der Waals surface area contributed by atoms with Crippen molar-refractivity contribution in [3.8, 4) is 0 Å². The molecule has 2 heterocycles. The zero-order chi connectivity index (χ0) is 9.10. The molecule has 0 aromatic heterocycles. The normalized spacial score (nSPS) is 40.8. The molecule has 3 nitrogen and oxygen atoms in total. The van der Waals surface area contributed by atoms with Crippen LogP contribution >= 0.6 is 0 Å². The van der Waals surface area contributed by atoms with Crippen molar-refractivity contribution in [1.82, 2.24) is 5.32 Å². The zero-order valence-electron chi connectivity index (χ0n) is 8.29. The van der Waals surface area contributed by atoms with Crippen molar-refractivity contribution >= 4 is 0 Å². The quantitative estimate of drug-likeness (QED) is 0.694. The molecular formula is C10H19NO2. The van der Waals surface area contributed by atoms with Gasteiger partial charge in [0, 0.05) is 25.3 Å². The van der Waals surface area contributed by atoms with Crippen LogP contribution in [0.4, 0.5) is 0 Å². The molecule has 0 aliphatic carbocycles. The largest absolute Gasteiger partial charge is 0.380 e. The Hall–Kier alpha value is -0.120. The van der Waals surface area contributed by atoms with Crippen LogP contribution in [0.25, 0.3) is 0 Å². The second-order valence-electron chi connectivity index (χ2n) is 4.05. The van der Waals surface area contributed by atoms with Crippen molar-refractivity contribution in [2.75, 3.05) is 19.8 Å². The van der Waals surface area contributed by atoms with Crippen molar-refractivity contribution in [3.63, 3.8) is 0 Å². The average molecular weight is 185 g/mol. The molecule has 13 heavy (non-hydrogen) atoms. The van der Waals surface area contributed by atoms with Gasteiger partial charge >= 0.3 is 0 Å². The summed E-state index contributed by atoms with van der Waals surface area (Å²) in [4.78, 5) is 0. The average Bonchev–Trinajstić information content (AvgIpc) is 2.54. The van der Waals surface area contributed by atoms with Gasteiger partial charge in [-0.15, -0.1) is 0 Å². The predicted molar refractivity (Wildman–Crippen MR) is 50.8 cm³/mol. The molecule has 2 aliphatic heterocycles. The smallest absolute Gasteiger partial charge is 0.0700 e. The number of nitrogens with one attached hydrogen (secondary N) is 1. The van der Waals surface area contributed by atoms with E-state index in [2.05, 4.69) is 12.2 Å². The van der Waals surface area contributed by atoms with E-state index in [1.807, 2.05) is 0 Å². The van der Waals surface area contributed by atoms with Gasteiger partial charge in [0.1, 0.15) is 0 Å². The van der Waals surface area contributed by atoms with E-state index < -0.39 is 0 Å². The SMILES string of the molecule is CC1OCCC1NC1CCCOC1. The number of hydrogen-bond donors (Lipinski definition) is 1. The first-order valence-corrected chi connectivity index (χ1v) is 5.31. The number of rotatable bonds is 2. The first-order chi connectivity index (χ1) is 6.36. The van der Waals surface area contributed by atoms with E-state index in [0.717, 1.165) is 26.2 Å². The van der Waals surface area contributed by atoms with Gasteiger partial charge in [0.2, 0.25) is 0 Å². The van der Waals surface area contributed by atoms with E-state index in [-0.39, 0.29) is 0 Å². The molecule has 1 N–H and O–H groups in total. The molecule has 0 bridgehead atoms. The molecule has 0 aromatic rings. The van der Waals surface area contributed by atoms with Crippen molar-refractivity contribution in [3.05, 3.63) is 0 Å². The van der Waals surface area contributed by atoms with Gasteiger partial charge in [-0.1, -0.05) is 0 Å². The van der Waals surface area contributed by atoms with Crippen LogP contribution in [0, 0.1) is 0 Å². The minimum absolute atomic E-state index is 0.377. The van der Waals surface area contributed by atoms with Gasteiger partial charge in [0.05, 0.1) is 12.7 Å². The summed E-state index contributed by atoms with van der Waals surface area (Å²) >= 11 is 0. The van der Waals surface area contributed by atoms with Crippen LogP contribution in [0.2, 0.25) is 0 Å². The maximum atomic E-state index is 5.50. The highest BCUT2D eigenvalue weighted by Crippen LogP contribution is 2.15. The Morgan fingerprint density at radius 3 is 2.77 bits per heavy atom. The lowest BCUT2D eigenvalue weighted by Crippen LogP contribution is -2.45. The van der Waals surface area contributed by atoms with Crippen molar-refractivity contribution in [1.29, 1.82) is 0 Å². The molecule has 2 fully saturated rings. The molecule has 0 radical (unpaired) electrons. The summed E-state index contributed by atoms with van der Waals surface area (Å²) in [5.74, 6) is 0. The topological polar surface area (TPSA) is 30.5 Å². The minimum Gasteiger partial charge on any atom is -0.380 e. The monoisotopic (exact) mass is 185 g/mol. The van der Waals surface area contributed by atoms with Gasteiger partial charge < -0.3 is 14.8 Å². The van der Waals surface area contributed by atoms with Crippen LogP contribution < -0.4 is 5.32 Å². The molecular weight excluding hydrogens is 166 g/mol. The Morgan fingerprint density at radius 1 is 1.23 bits per heavy atom. The molecule has 3 heteroatoms. The Morgan fingerprint density at radius 2 is 2.15 bits per heavy atom. The second-order valence-corrected chi connectivity index (χ2v) is 4.05. The van der Waals surface area contributed by atoms with Crippen LogP contribution in [0.15, 0.2) is 0 Å². The maximum Gasteiger partial charge on any atom is 0.0700 e. The first kappa shape index (κ1) is 9.44. The zero-order valence-corrected chi connectivity index (χ0v) is 8.29. The molecule has 0 spiro atoms. The van der Waals surface area contributed by atoms with Crippen molar-refractivity contribution in [2.24, 2.45) is 0 Å². The lowest BCUT2D eigenvalue weighted by Gasteiger charge is -2.27. The van der Waals surface area contributed by atoms with Crippen LogP contribution in [0.5, 0.6) is 0 Å². The van der Waals surface area contributed by atoms with E-state index in [4.69, 9.17) is 9.47 Å². The summed E-state index contributed by atoms with van der Waals surface area (Å²) < 4.78 is 10.9. The van der Waals surface area contributed by atoms with Crippen LogP contribution in [0.1, 0.15) is 26.2 Å². The van der Waals surface area contributed by atoms with Crippen LogP contribution in [-0.2, 0) is 9.47 Å². The molecule has 0 amide bonds. The van der Waals surface area contributed by atoms with Crippen molar-refractivity contribution in [2.45, 2.75) is 44.4 Å². The summed E-state index contributed by atoms with van der Waals surface area (Å²) in [6.45, 7) is 4.87. The lowest BCUT2D eigenvalue weighted by atomic mass is 10.1. The molecule has 2 rings (SSSR count).